The van der Waals surface area contributed by atoms with Gasteiger partial charge < -0.3 is 4.74 Å². The zero-order valence-corrected chi connectivity index (χ0v) is 9.71. The summed E-state index contributed by atoms with van der Waals surface area (Å²) >= 11 is 1.25. The van der Waals surface area contributed by atoms with E-state index in [1.54, 1.807) is 12.3 Å². The normalized spacial score (nSPS) is 11.6. The van der Waals surface area contributed by atoms with E-state index in [0.29, 0.717) is 5.01 Å². The van der Waals surface area contributed by atoms with Gasteiger partial charge in [-0.1, -0.05) is 0 Å². The van der Waals surface area contributed by atoms with Gasteiger partial charge in [0, 0.05) is 18.0 Å². The number of nitriles is 1. The van der Waals surface area contributed by atoms with Crippen LogP contribution in [0, 0.1) is 18.3 Å². The van der Waals surface area contributed by atoms with Crippen LogP contribution in [0.3, 0.4) is 0 Å². The smallest absolute Gasteiger partial charge is 0.303 e. The van der Waals surface area contributed by atoms with Crippen molar-refractivity contribution in [2.75, 3.05) is 6.61 Å². The second kappa shape index (κ2) is 5.37. The Bertz CT molecular complexity index is 447. The van der Waals surface area contributed by atoms with Crippen LogP contribution >= 0.6 is 11.3 Å². The lowest BCUT2D eigenvalue weighted by Gasteiger charge is -2.04. The fourth-order valence-electron chi connectivity index (χ4n) is 1.03. The topological polar surface area (TPSA) is 80.0 Å². The molecule has 1 aromatic rings. The largest absolute Gasteiger partial charge is 0.458 e. The first-order valence-electron chi connectivity index (χ1n) is 4.52. The maximum Gasteiger partial charge on any atom is 0.303 e. The van der Waals surface area contributed by atoms with E-state index in [0.717, 1.165) is 5.69 Å². The third kappa shape index (κ3) is 3.14. The molecule has 1 rings (SSSR count). The third-order valence-electron chi connectivity index (χ3n) is 1.75. The molecule has 0 amide bonds. The number of thiazole rings is 1. The number of carbonyl (C=O) groups excluding carboxylic acids is 2. The summed E-state index contributed by atoms with van der Waals surface area (Å²) in [5, 5.41) is 11.1. The Morgan fingerprint density at radius 1 is 1.69 bits per heavy atom. The predicted molar refractivity (Wildman–Crippen MR) is 56.8 cm³/mol. The highest BCUT2D eigenvalue weighted by Gasteiger charge is 2.23. The lowest BCUT2D eigenvalue weighted by Crippen LogP contribution is -2.18. The van der Waals surface area contributed by atoms with Crippen molar-refractivity contribution < 1.29 is 14.3 Å². The van der Waals surface area contributed by atoms with Gasteiger partial charge in [0.15, 0.2) is 18.3 Å². The van der Waals surface area contributed by atoms with Crippen molar-refractivity contribution in [3.63, 3.8) is 0 Å². The molecule has 6 heteroatoms. The van der Waals surface area contributed by atoms with Crippen molar-refractivity contribution in [2.24, 2.45) is 0 Å². The summed E-state index contributed by atoms with van der Waals surface area (Å²) in [4.78, 5) is 26.1. The summed E-state index contributed by atoms with van der Waals surface area (Å²) in [5.74, 6) is -1.94. The maximum atomic E-state index is 11.6. The quantitative estimate of drug-likeness (QED) is 0.736. The van der Waals surface area contributed by atoms with Crippen LogP contribution in [0.15, 0.2) is 5.38 Å². The standard InChI is InChI=1S/C10H10N2O3S/c1-6-5-16-10(12-6)8(3-11)9(14)4-15-7(2)13/h5,8H,4H2,1-2H3/t8-/m1/s1. The molecule has 0 aliphatic carbocycles. The molecule has 0 aromatic carbocycles. The van der Waals surface area contributed by atoms with E-state index >= 15 is 0 Å². The Morgan fingerprint density at radius 3 is 2.81 bits per heavy atom. The Morgan fingerprint density at radius 2 is 2.38 bits per heavy atom. The summed E-state index contributed by atoms with van der Waals surface area (Å²) in [6.07, 6.45) is 0. The summed E-state index contributed by atoms with van der Waals surface area (Å²) in [6.45, 7) is 2.61. The molecule has 1 heterocycles. The Kier molecular flexibility index (Phi) is 4.14. The van der Waals surface area contributed by atoms with Crippen LogP contribution in [0.1, 0.15) is 23.5 Å². The van der Waals surface area contributed by atoms with Gasteiger partial charge in [-0.15, -0.1) is 11.3 Å². The zero-order valence-electron chi connectivity index (χ0n) is 8.89. The highest BCUT2D eigenvalue weighted by Crippen LogP contribution is 2.20. The van der Waals surface area contributed by atoms with Gasteiger partial charge in [0.05, 0.1) is 6.07 Å². The van der Waals surface area contributed by atoms with Crippen molar-refractivity contribution in [3.05, 3.63) is 16.1 Å². The molecule has 1 aromatic heterocycles. The van der Waals surface area contributed by atoms with Crippen LogP contribution in [0.25, 0.3) is 0 Å². The Balaban J connectivity index is 2.72. The number of hydrogen-bond acceptors (Lipinski definition) is 6. The molecule has 0 saturated carbocycles. The minimum atomic E-state index is -0.946. The lowest BCUT2D eigenvalue weighted by molar-refractivity contribution is -0.145. The molecule has 0 radical (unpaired) electrons. The Hall–Kier alpha value is -1.74. The number of nitrogens with zero attached hydrogens (tertiary/aromatic N) is 2. The van der Waals surface area contributed by atoms with Gasteiger partial charge in [-0.2, -0.15) is 5.26 Å². The van der Waals surface area contributed by atoms with Crippen molar-refractivity contribution in [3.8, 4) is 6.07 Å². The third-order valence-corrected chi connectivity index (χ3v) is 2.78. The van der Waals surface area contributed by atoms with Gasteiger partial charge >= 0.3 is 5.97 Å². The number of hydrogen-bond donors (Lipinski definition) is 0. The monoisotopic (exact) mass is 238 g/mol. The van der Waals surface area contributed by atoms with E-state index in [1.807, 2.05) is 6.07 Å². The molecule has 0 fully saturated rings. The summed E-state index contributed by atoms with van der Waals surface area (Å²) in [6, 6.07) is 1.86. The van der Waals surface area contributed by atoms with Crippen molar-refractivity contribution in [2.45, 2.75) is 19.8 Å². The number of ketones is 1. The summed E-state index contributed by atoms with van der Waals surface area (Å²) < 4.78 is 4.55. The van der Waals surface area contributed by atoms with Gasteiger partial charge in [0.25, 0.3) is 0 Å². The lowest BCUT2D eigenvalue weighted by atomic mass is 10.1. The van der Waals surface area contributed by atoms with Crippen LogP contribution in [0.4, 0.5) is 0 Å². The molecule has 16 heavy (non-hydrogen) atoms. The zero-order chi connectivity index (χ0) is 12.1. The van der Waals surface area contributed by atoms with E-state index in [2.05, 4.69) is 9.72 Å². The van der Waals surface area contributed by atoms with Crippen molar-refractivity contribution >= 4 is 23.1 Å². The number of esters is 1. The first-order chi connectivity index (χ1) is 7.54. The highest BCUT2D eigenvalue weighted by molar-refractivity contribution is 7.09. The molecule has 0 N–H and O–H groups in total. The fourth-order valence-corrected chi connectivity index (χ4v) is 1.89. The molecule has 1 atom stereocenters. The molecule has 0 saturated heterocycles. The number of Topliss-reactive ketones (excluding diaryl/α,β-unsaturated/α-hetero) is 1. The van der Waals surface area contributed by atoms with Crippen LogP contribution in [0.5, 0.6) is 0 Å². The number of rotatable bonds is 4. The second-order valence-corrected chi connectivity index (χ2v) is 4.03. The number of aromatic nitrogens is 1. The molecule has 84 valence electrons. The minimum absolute atomic E-state index is 0.383. The molecule has 0 spiro atoms. The van der Waals surface area contributed by atoms with E-state index < -0.39 is 17.7 Å². The maximum absolute atomic E-state index is 11.6. The fraction of sp³-hybridized carbons (Fsp3) is 0.400. The van der Waals surface area contributed by atoms with Crippen molar-refractivity contribution in [1.82, 2.24) is 4.98 Å². The van der Waals surface area contributed by atoms with E-state index in [9.17, 15) is 9.59 Å². The van der Waals surface area contributed by atoms with Crippen LogP contribution in [0.2, 0.25) is 0 Å². The highest BCUT2D eigenvalue weighted by atomic mass is 32.1. The first kappa shape index (κ1) is 12.3. The van der Waals surface area contributed by atoms with Gasteiger partial charge in [0.2, 0.25) is 0 Å². The van der Waals surface area contributed by atoms with E-state index in [-0.39, 0.29) is 6.61 Å². The van der Waals surface area contributed by atoms with Crippen molar-refractivity contribution in [1.29, 1.82) is 5.26 Å². The molecule has 0 aliphatic heterocycles. The van der Waals surface area contributed by atoms with Gasteiger partial charge in [-0.05, 0) is 6.92 Å². The number of ether oxygens (including phenoxy) is 1. The van der Waals surface area contributed by atoms with Crippen LogP contribution < -0.4 is 0 Å². The predicted octanol–water partition coefficient (Wildman–Crippen LogP) is 1.19. The average Bonchev–Trinajstić information content (AvgIpc) is 2.63. The van der Waals surface area contributed by atoms with E-state index in [4.69, 9.17) is 5.26 Å². The second-order valence-electron chi connectivity index (χ2n) is 3.14. The molecular formula is C10H10N2O3S. The Labute approximate surface area is 96.7 Å². The van der Waals surface area contributed by atoms with Gasteiger partial charge in [-0.3, -0.25) is 9.59 Å². The average molecular weight is 238 g/mol. The molecule has 0 aliphatic rings. The molecule has 0 unspecified atom stereocenters. The van der Waals surface area contributed by atoms with Crippen LogP contribution in [-0.4, -0.2) is 23.3 Å². The summed E-state index contributed by atoms with van der Waals surface area (Å²) in [7, 11) is 0. The minimum Gasteiger partial charge on any atom is -0.458 e. The number of aryl methyl sites for hydroxylation is 1. The number of carbonyl (C=O) groups is 2. The van der Waals surface area contributed by atoms with Crippen LogP contribution in [-0.2, 0) is 14.3 Å². The van der Waals surface area contributed by atoms with Gasteiger partial charge in [-0.25, -0.2) is 4.98 Å². The van der Waals surface area contributed by atoms with E-state index in [1.165, 1.54) is 18.3 Å². The SMILES string of the molecule is CC(=O)OCC(=O)[C@@H](C#N)c1nc(C)cs1. The molecule has 0 bridgehead atoms. The summed E-state index contributed by atoms with van der Waals surface area (Å²) in [5.41, 5.74) is 0.764. The molecular weight excluding hydrogens is 228 g/mol. The first-order valence-corrected chi connectivity index (χ1v) is 5.40. The molecule has 5 nitrogen and oxygen atoms in total. The van der Waals surface area contributed by atoms with Gasteiger partial charge in [0.1, 0.15) is 5.01 Å².